The molecule has 3 heteroatoms. The lowest BCUT2D eigenvalue weighted by molar-refractivity contribution is -0.118. The Morgan fingerprint density at radius 3 is 2.55 bits per heavy atom. The highest BCUT2D eigenvalue weighted by Gasteiger charge is 2.19. The first kappa shape index (κ1) is 8.27. The van der Waals surface area contributed by atoms with Crippen molar-refractivity contribution in [1.82, 2.24) is 0 Å². The number of rotatable bonds is 3. The van der Waals surface area contributed by atoms with E-state index in [4.69, 9.17) is 11.5 Å². The molecule has 1 aliphatic carbocycles. The molecule has 1 rings (SSSR count). The number of nitrogens with two attached hydrogens (primary N) is 2. The van der Waals surface area contributed by atoms with Crippen LogP contribution >= 0.6 is 0 Å². The molecule has 1 unspecified atom stereocenters. The summed E-state index contributed by atoms with van der Waals surface area (Å²) in [6.07, 6.45) is 6.51. The van der Waals surface area contributed by atoms with Crippen molar-refractivity contribution in [3.8, 4) is 0 Å². The van der Waals surface area contributed by atoms with Gasteiger partial charge >= 0.3 is 0 Å². The van der Waals surface area contributed by atoms with Gasteiger partial charge in [0.2, 0.25) is 5.91 Å². The van der Waals surface area contributed by atoms with Crippen LogP contribution in [0.3, 0.4) is 0 Å². The molecule has 1 amide bonds. The quantitative estimate of drug-likeness (QED) is 0.568. The molecule has 0 bridgehead atoms. The maximum Gasteiger partial charge on any atom is 0.218 e. The summed E-state index contributed by atoms with van der Waals surface area (Å²) < 4.78 is 0. The van der Waals surface area contributed by atoms with E-state index in [1.54, 1.807) is 0 Å². The Labute approximate surface area is 66.4 Å². The molecular formula is C8H14N2O. The van der Waals surface area contributed by atoms with Crippen LogP contribution in [0.4, 0.5) is 0 Å². The first-order valence-electron chi connectivity index (χ1n) is 3.89. The van der Waals surface area contributed by atoms with Crippen molar-refractivity contribution in [1.29, 1.82) is 0 Å². The topological polar surface area (TPSA) is 69.1 Å². The largest absolute Gasteiger partial charge is 0.370 e. The molecule has 11 heavy (non-hydrogen) atoms. The average molecular weight is 154 g/mol. The Morgan fingerprint density at radius 2 is 2.09 bits per heavy atom. The fraction of sp³-hybridized carbons (Fsp3) is 0.625. The van der Waals surface area contributed by atoms with Crippen LogP contribution < -0.4 is 11.5 Å². The highest BCUT2D eigenvalue weighted by molar-refractivity contribution is 5.74. The highest BCUT2D eigenvalue weighted by atomic mass is 16.1. The Hall–Kier alpha value is -0.830. The molecule has 0 aromatic carbocycles. The Balaban J connectivity index is 2.29. The summed E-state index contributed by atoms with van der Waals surface area (Å²) in [4.78, 5) is 10.5. The number of carbonyl (C=O) groups is 1. The number of hydrogen-bond donors (Lipinski definition) is 2. The summed E-state index contributed by atoms with van der Waals surface area (Å²) in [6, 6.07) is -0.0532. The van der Waals surface area contributed by atoms with E-state index >= 15 is 0 Å². The third-order valence-electron chi connectivity index (χ3n) is 2.09. The van der Waals surface area contributed by atoms with Gasteiger partial charge in [0, 0.05) is 12.5 Å². The van der Waals surface area contributed by atoms with Gasteiger partial charge in [-0.3, -0.25) is 4.79 Å². The van der Waals surface area contributed by atoms with Gasteiger partial charge < -0.3 is 11.5 Å². The van der Waals surface area contributed by atoms with Gasteiger partial charge in [-0.15, -0.1) is 0 Å². The minimum absolute atomic E-state index is 0.0532. The van der Waals surface area contributed by atoms with Gasteiger partial charge in [-0.25, -0.2) is 0 Å². The lowest BCUT2D eigenvalue weighted by Gasteiger charge is -2.16. The van der Waals surface area contributed by atoms with Crippen molar-refractivity contribution in [3.05, 3.63) is 12.2 Å². The first-order chi connectivity index (χ1) is 5.20. The molecule has 0 spiro atoms. The van der Waals surface area contributed by atoms with Crippen LogP contribution in [0, 0.1) is 5.92 Å². The maximum atomic E-state index is 10.5. The van der Waals surface area contributed by atoms with Gasteiger partial charge in [-0.1, -0.05) is 12.2 Å². The molecule has 1 aliphatic rings. The van der Waals surface area contributed by atoms with E-state index in [9.17, 15) is 4.79 Å². The molecule has 0 saturated heterocycles. The minimum atomic E-state index is -0.301. The fourth-order valence-electron chi connectivity index (χ4n) is 1.39. The standard InChI is InChI=1S/C8H14N2O/c9-7(5-8(10)11)6-3-1-2-4-6/h1-2,6-7H,3-5,9H2,(H2,10,11). The molecule has 0 fully saturated rings. The zero-order valence-electron chi connectivity index (χ0n) is 6.49. The SMILES string of the molecule is NC(=O)CC(N)C1CC=CC1. The van der Waals surface area contributed by atoms with Crippen molar-refractivity contribution in [3.63, 3.8) is 0 Å². The summed E-state index contributed by atoms with van der Waals surface area (Å²) in [5, 5.41) is 0. The van der Waals surface area contributed by atoms with Gasteiger partial charge in [-0.05, 0) is 18.8 Å². The van der Waals surface area contributed by atoms with Crippen LogP contribution in [0.5, 0.6) is 0 Å². The lowest BCUT2D eigenvalue weighted by Crippen LogP contribution is -2.33. The second-order valence-electron chi connectivity index (χ2n) is 3.04. The number of hydrogen-bond acceptors (Lipinski definition) is 2. The monoisotopic (exact) mass is 154 g/mol. The number of primary amides is 1. The van der Waals surface area contributed by atoms with Gasteiger partial charge in [0.25, 0.3) is 0 Å². The van der Waals surface area contributed by atoms with Gasteiger partial charge in [0.05, 0.1) is 0 Å². The fourth-order valence-corrected chi connectivity index (χ4v) is 1.39. The maximum absolute atomic E-state index is 10.5. The summed E-state index contributed by atoms with van der Waals surface area (Å²) >= 11 is 0. The van der Waals surface area contributed by atoms with Crippen LogP contribution in [-0.2, 0) is 4.79 Å². The van der Waals surface area contributed by atoms with Crippen LogP contribution in [0.15, 0.2) is 12.2 Å². The van der Waals surface area contributed by atoms with Crippen LogP contribution in [0.1, 0.15) is 19.3 Å². The van der Waals surface area contributed by atoms with Crippen LogP contribution in [-0.4, -0.2) is 11.9 Å². The molecule has 0 radical (unpaired) electrons. The molecule has 0 saturated carbocycles. The lowest BCUT2D eigenvalue weighted by atomic mass is 9.95. The van der Waals surface area contributed by atoms with Gasteiger partial charge in [0.15, 0.2) is 0 Å². The molecule has 4 N–H and O–H groups in total. The van der Waals surface area contributed by atoms with Crippen LogP contribution in [0.25, 0.3) is 0 Å². The van der Waals surface area contributed by atoms with Gasteiger partial charge in [-0.2, -0.15) is 0 Å². The zero-order chi connectivity index (χ0) is 8.27. The predicted molar refractivity (Wildman–Crippen MR) is 43.7 cm³/mol. The van der Waals surface area contributed by atoms with Crippen molar-refractivity contribution in [2.45, 2.75) is 25.3 Å². The normalized spacial score (nSPS) is 20.5. The average Bonchev–Trinajstić information content (AvgIpc) is 2.35. The van der Waals surface area contributed by atoms with E-state index in [-0.39, 0.29) is 11.9 Å². The Bertz CT molecular complexity index is 169. The smallest absolute Gasteiger partial charge is 0.218 e. The second-order valence-corrected chi connectivity index (χ2v) is 3.04. The predicted octanol–water partition coefficient (Wildman–Crippen LogP) is 0.155. The Morgan fingerprint density at radius 1 is 1.55 bits per heavy atom. The van der Waals surface area contributed by atoms with E-state index in [1.807, 2.05) is 0 Å². The first-order valence-corrected chi connectivity index (χ1v) is 3.89. The zero-order valence-corrected chi connectivity index (χ0v) is 6.49. The second kappa shape index (κ2) is 3.53. The third-order valence-corrected chi connectivity index (χ3v) is 2.09. The minimum Gasteiger partial charge on any atom is -0.370 e. The molecule has 0 heterocycles. The molecular weight excluding hydrogens is 140 g/mol. The summed E-state index contributed by atoms with van der Waals surface area (Å²) in [5.74, 6) is 0.131. The van der Waals surface area contributed by atoms with Crippen LogP contribution in [0.2, 0.25) is 0 Å². The van der Waals surface area contributed by atoms with E-state index in [0.717, 1.165) is 12.8 Å². The highest BCUT2D eigenvalue weighted by Crippen LogP contribution is 2.21. The van der Waals surface area contributed by atoms with E-state index in [1.165, 1.54) is 0 Å². The number of amides is 1. The van der Waals surface area contributed by atoms with E-state index in [0.29, 0.717) is 12.3 Å². The Kier molecular flexibility index (Phi) is 2.65. The van der Waals surface area contributed by atoms with Gasteiger partial charge in [0.1, 0.15) is 0 Å². The molecule has 1 atom stereocenters. The molecule has 3 nitrogen and oxygen atoms in total. The molecule has 0 aliphatic heterocycles. The van der Waals surface area contributed by atoms with Crippen molar-refractivity contribution >= 4 is 5.91 Å². The van der Waals surface area contributed by atoms with Crippen molar-refractivity contribution in [2.24, 2.45) is 17.4 Å². The van der Waals surface area contributed by atoms with E-state index in [2.05, 4.69) is 12.2 Å². The summed E-state index contributed by atoms with van der Waals surface area (Å²) in [5.41, 5.74) is 10.8. The third kappa shape index (κ3) is 2.35. The van der Waals surface area contributed by atoms with E-state index < -0.39 is 0 Å². The summed E-state index contributed by atoms with van der Waals surface area (Å²) in [7, 11) is 0. The van der Waals surface area contributed by atoms with Crippen molar-refractivity contribution in [2.75, 3.05) is 0 Å². The summed E-state index contributed by atoms with van der Waals surface area (Å²) in [6.45, 7) is 0. The number of carbonyl (C=O) groups excluding carboxylic acids is 1. The number of allylic oxidation sites excluding steroid dienone is 2. The molecule has 0 aromatic heterocycles. The molecule has 0 aromatic rings. The molecule has 62 valence electrons. The van der Waals surface area contributed by atoms with Crippen molar-refractivity contribution < 1.29 is 4.79 Å².